The van der Waals surface area contributed by atoms with E-state index in [1.807, 2.05) is 32.0 Å². The lowest BCUT2D eigenvalue weighted by molar-refractivity contribution is 0.175. The lowest BCUT2D eigenvalue weighted by atomic mass is 9.97. The summed E-state index contributed by atoms with van der Waals surface area (Å²) in [4.78, 5) is 0. The minimum absolute atomic E-state index is 0.310. The number of aliphatic hydroxyl groups excluding tert-OH is 1. The summed E-state index contributed by atoms with van der Waals surface area (Å²) in [5.74, 6) is -1.74. The maximum atomic E-state index is 13.1. The Morgan fingerprint density at radius 2 is 1.70 bits per heavy atom. The molecule has 1 N–H and O–H groups in total. The highest BCUT2D eigenvalue weighted by Gasteiger charge is 2.11. The first kappa shape index (κ1) is 14.7. The molecule has 0 aliphatic carbocycles. The van der Waals surface area contributed by atoms with Gasteiger partial charge in [0.2, 0.25) is 0 Å². The van der Waals surface area contributed by atoms with Gasteiger partial charge in [-0.15, -0.1) is 0 Å². The molecule has 2 aromatic rings. The van der Waals surface area contributed by atoms with Crippen LogP contribution in [0, 0.1) is 25.5 Å². The molecule has 0 aliphatic rings. The lowest BCUT2D eigenvalue weighted by Crippen LogP contribution is -2.15. The smallest absolute Gasteiger partial charge is 0.159 e. The highest BCUT2D eigenvalue weighted by atomic mass is 19.2. The number of hydrogen-bond acceptors (Lipinski definition) is 1. The summed E-state index contributed by atoms with van der Waals surface area (Å²) < 4.78 is 26.0. The Labute approximate surface area is 117 Å². The van der Waals surface area contributed by atoms with Crippen LogP contribution in [0.25, 0.3) is 0 Å². The zero-order chi connectivity index (χ0) is 14.7. The Kier molecular flexibility index (Phi) is 4.50. The van der Waals surface area contributed by atoms with Crippen molar-refractivity contribution in [2.24, 2.45) is 0 Å². The molecule has 0 radical (unpaired) electrons. The predicted molar refractivity (Wildman–Crippen MR) is 75.7 cm³/mol. The van der Waals surface area contributed by atoms with E-state index in [1.54, 1.807) is 0 Å². The van der Waals surface area contributed by atoms with E-state index in [9.17, 15) is 13.9 Å². The molecule has 0 aliphatic heterocycles. The molecule has 0 spiro atoms. The molecule has 0 saturated carbocycles. The van der Waals surface area contributed by atoms with Crippen LogP contribution in [0.1, 0.15) is 22.3 Å². The third kappa shape index (κ3) is 3.64. The number of rotatable bonds is 4. The van der Waals surface area contributed by atoms with Crippen molar-refractivity contribution in [2.75, 3.05) is 0 Å². The van der Waals surface area contributed by atoms with Crippen LogP contribution in [-0.4, -0.2) is 11.2 Å². The quantitative estimate of drug-likeness (QED) is 0.902. The molecule has 0 fully saturated rings. The number of aryl methyl sites for hydroxylation is 2. The van der Waals surface area contributed by atoms with E-state index in [1.165, 1.54) is 6.07 Å². The first-order valence-electron chi connectivity index (χ1n) is 6.64. The van der Waals surface area contributed by atoms with E-state index in [-0.39, 0.29) is 0 Å². The molecule has 0 saturated heterocycles. The van der Waals surface area contributed by atoms with Crippen LogP contribution in [0.15, 0.2) is 36.4 Å². The first-order chi connectivity index (χ1) is 9.45. The van der Waals surface area contributed by atoms with Gasteiger partial charge >= 0.3 is 0 Å². The van der Waals surface area contributed by atoms with Gasteiger partial charge in [0.15, 0.2) is 11.6 Å². The van der Waals surface area contributed by atoms with Crippen molar-refractivity contribution in [1.82, 2.24) is 0 Å². The minimum atomic E-state index is -0.874. The summed E-state index contributed by atoms with van der Waals surface area (Å²) in [5.41, 5.74) is 3.95. The fourth-order valence-electron chi connectivity index (χ4n) is 2.28. The molecule has 0 aromatic heterocycles. The maximum Gasteiger partial charge on any atom is 0.159 e. The average molecular weight is 276 g/mol. The van der Waals surface area contributed by atoms with Gasteiger partial charge in [-0.1, -0.05) is 29.8 Å². The molecular weight excluding hydrogens is 258 g/mol. The molecular formula is C17H18F2O. The topological polar surface area (TPSA) is 20.2 Å². The highest BCUT2D eigenvalue weighted by molar-refractivity contribution is 5.31. The van der Waals surface area contributed by atoms with Gasteiger partial charge < -0.3 is 5.11 Å². The molecule has 0 heterocycles. The van der Waals surface area contributed by atoms with Crippen molar-refractivity contribution < 1.29 is 13.9 Å². The van der Waals surface area contributed by atoms with Crippen molar-refractivity contribution in [1.29, 1.82) is 0 Å². The molecule has 106 valence electrons. The van der Waals surface area contributed by atoms with Crippen LogP contribution in [0.5, 0.6) is 0 Å². The monoisotopic (exact) mass is 276 g/mol. The Morgan fingerprint density at radius 3 is 2.40 bits per heavy atom. The fourth-order valence-corrected chi connectivity index (χ4v) is 2.28. The summed E-state index contributed by atoms with van der Waals surface area (Å²) in [6, 6.07) is 9.83. The Balaban J connectivity index is 2.06. The van der Waals surface area contributed by atoms with Gasteiger partial charge in [-0.3, -0.25) is 0 Å². The van der Waals surface area contributed by atoms with E-state index in [0.29, 0.717) is 18.4 Å². The number of hydrogen-bond donors (Lipinski definition) is 1. The number of halogens is 2. The van der Waals surface area contributed by atoms with E-state index >= 15 is 0 Å². The Hall–Kier alpha value is -1.74. The van der Waals surface area contributed by atoms with Gasteiger partial charge in [0.05, 0.1) is 6.10 Å². The first-order valence-corrected chi connectivity index (χ1v) is 6.64. The molecule has 1 nitrogen and oxygen atoms in total. The van der Waals surface area contributed by atoms with Gasteiger partial charge in [0.25, 0.3) is 0 Å². The molecule has 3 heteroatoms. The molecule has 2 aromatic carbocycles. The summed E-state index contributed by atoms with van der Waals surface area (Å²) in [6.45, 7) is 4.00. The Bertz CT molecular complexity index is 608. The second-order valence-electron chi connectivity index (χ2n) is 5.24. The van der Waals surface area contributed by atoms with Crippen molar-refractivity contribution in [2.45, 2.75) is 32.8 Å². The second kappa shape index (κ2) is 6.14. The third-order valence-corrected chi connectivity index (χ3v) is 3.42. The van der Waals surface area contributed by atoms with Gasteiger partial charge in [-0.2, -0.15) is 0 Å². The largest absolute Gasteiger partial charge is 0.392 e. The zero-order valence-corrected chi connectivity index (χ0v) is 11.7. The van der Waals surface area contributed by atoms with Gasteiger partial charge in [-0.25, -0.2) is 8.78 Å². The summed E-state index contributed by atoms with van der Waals surface area (Å²) >= 11 is 0. The van der Waals surface area contributed by atoms with Crippen molar-refractivity contribution in [3.63, 3.8) is 0 Å². The molecule has 0 bridgehead atoms. The SMILES string of the molecule is Cc1ccc(C)c(CC(O)Cc2ccc(F)c(F)c2)c1. The summed E-state index contributed by atoms with van der Waals surface area (Å²) in [5, 5.41) is 10.1. The van der Waals surface area contributed by atoms with Crippen LogP contribution in [0.3, 0.4) is 0 Å². The molecule has 1 unspecified atom stereocenters. The summed E-state index contributed by atoms with van der Waals surface area (Å²) in [7, 11) is 0. The van der Waals surface area contributed by atoms with Crippen LogP contribution in [0.4, 0.5) is 8.78 Å². The second-order valence-corrected chi connectivity index (χ2v) is 5.24. The lowest BCUT2D eigenvalue weighted by Gasteiger charge is -2.13. The fraction of sp³-hybridized carbons (Fsp3) is 0.294. The van der Waals surface area contributed by atoms with Gasteiger partial charge in [0, 0.05) is 0 Å². The van der Waals surface area contributed by atoms with Crippen LogP contribution in [0.2, 0.25) is 0 Å². The van der Waals surface area contributed by atoms with Crippen LogP contribution in [-0.2, 0) is 12.8 Å². The summed E-state index contributed by atoms with van der Waals surface area (Å²) in [6.07, 6.45) is 0.206. The van der Waals surface area contributed by atoms with Crippen molar-refractivity contribution in [3.05, 3.63) is 70.3 Å². The van der Waals surface area contributed by atoms with E-state index in [2.05, 4.69) is 0 Å². The Morgan fingerprint density at radius 1 is 0.950 bits per heavy atom. The van der Waals surface area contributed by atoms with Crippen molar-refractivity contribution in [3.8, 4) is 0 Å². The minimum Gasteiger partial charge on any atom is -0.392 e. The predicted octanol–water partition coefficient (Wildman–Crippen LogP) is 3.73. The van der Waals surface area contributed by atoms with Crippen LogP contribution < -0.4 is 0 Å². The molecule has 20 heavy (non-hydrogen) atoms. The average Bonchev–Trinajstić information content (AvgIpc) is 2.38. The van der Waals surface area contributed by atoms with Crippen LogP contribution >= 0.6 is 0 Å². The molecule has 2 rings (SSSR count). The normalized spacial score (nSPS) is 12.4. The van der Waals surface area contributed by atoms with Crippen molar-refractivity contribution >= 4 is 0 Å². The molecule has 0 amide bonds. The zero-order valence-electron chi connectivity index (χ0n) is 11.7. The van der Waals surface area contributed by atoms with Gasteiger partial charge in [-0.05, 0) is 55.5 Å². The number of aliphatic hydroxyl groups is 1. The standard InChI is InChI=1S/C17H18F2O/c1-11-3-4-12(2)14(7-11)10-15(20)8-13-5-6-16(18)17(19)9-13/h3-7,9,15,20H,8,10H2,1-2H3. The highest BCUT2D eigenvalue weighted by Crippen LogP contribution is 2.16. The van der Waals surface area contributed by atoms with Gasteiger partial charge in [0.1, 0.15) is 0 Å². The molecule has 1 atom stereocenters. The van der Waals surface area contributed by atoms with E-state index < -0.39 is 17.7 Å². The third-order valence-electron chi connectivity index (χ3n) is 3.42. The van der Waals surface area contributed by atoms with E-state index in [0.717, 1.165) is 28.8 Å². The maximum absolute atomic E-state index is 13.1. The number of benzene rings is 2. The van der Waals surface area contributed by atoms with E-state index in [4.69, 9.17) is 0 Å².